The van der Waals surface area contributed by atoms with Gasteiger partial charge in [0.25, 0.3) is 0 Å². The largest absolute Gasteiger partial charge is 0.313 e. The molecule has 1 aromatic heterocycles. The minimum Gasteiger partial charge on any atom is -0.313 e. The predicted octanol–water partition coefficient (Wildman–Crippen LogP) is 4.86. The van der Waals surface area contributed by atoms with Crippen molar-refractivity contribution in [1.29, 1.82) is 0 Å². The highest BCUT2D eigenvalue weighted by Gasteiger charge is 2.30. The smallest absolute Gasteiger partial charge is 0.0285 e. The lowest BCUT2D eigenvalue weighted by Crippen LogP contribution is -2.39. The Hall–Kier alpha value is 0.140. The lowest BCUT2D eigenvalue weighted by atomic mass is 9.88. The van der Waals surface area contributed by atoms with Crippen molar-refractivity contribution in [3.63, 3.8) is 0 Å². The highest BCUT2D eigenvalue weighted by molar-refractivity contribution is 9.10. The van der Waals surface area contributed by atoms with E-state index >= 15 is 0 Å². The van der Waals surface area contributed by atoms with E-state index in [-0.39, 0.29) is 0 Å². The molecule has 1 aliphatic carbocycles. The quantitative estimate of drug-likeness (QED) is 0.786. The minimum absolute atomic E-state index is 0.674. The molecule has 0 aliphatic heterocycles. The summed E-state index contributed by atoms with van der Waals surface area (Å²) >= 11 is 5.44. The van der Waals surface area contributed by atoms with E-state index in [0.717, 1.165) is 18.4 Å². The third-order valence-electron chi connectivity index (χ3n) is 4.14. The third-order valence-corrected chi connectivity index (χ3v) is 5.86. The van der Waals surface area contributed by atoms with Crippen molar-refractivity contribution in [2.75, 3.05) is 6.54 Å². The molecule has 102 valence electrons. The summed E-state index contributed by atoms with van der Waals surface area (Å²) in [6.07, 6.45) is 6.68. The summed E-state index contributed by atoms with van der Waals surface area (Å²) in [5, 5.41) is 5.99. The number of halogens is 1. The number of thiophene rings is 1. The van der Waals surface area contributed by atoms with Crippen LogP contribution in [0, 0.1) is 11.8 Å². The van der Waals surface area contributed by atoms with E-state index in [4.69, 9.17) is 0 Å². The Kier molecular flexibility index (Phi) is 5.71. The Balaban J connectivity index is 2.00. The van der Waals surface area contributed by atoms with E-state index in [9.17, 15) is 0 Å². The van der Waals surface area contributed by atoms with Gasteiger partial charge in [-0.05, 0) is 59.6 Å². The third kappa shape index (κ3) is 3.82. The van der Waals surface area contributed by atoms with Gasteiger partial charge in [-0.2, -0.15) is 0 Å². The molecule has 1 aromatic rings. The van der Waals surface area contributed by atoms with E-state index in [1.54, 1.807) is 0 Å². The van der Waals surface area contributed by atoms with Crippen molar-refractivity contribution in [3.8, 4) is 0 Å². The number of hydrogen-bond acceptors (Lipinski definition) is 2. The maximum Gasteiger partial charge on any atom is 0.0285 e. The van der Waals surface area contributed by atoms with Crippen molar-refractivity contribution in [3.05, 3.63) is 20.8 Å². The fraction of sp³-hybridized carbons (Fsp3) is 0.733. The Morgan fingerprint density at radius 3 is 2.89 bits per heavy atom. The Morgan fingerprint density at radius 1 is 1.50 bits per heavy atom. The van der Waals surface area contributed by atoms with Crippen molar-refractivity contribution in [2.24, 2.45) is 11.8 Å². The molecule has 2 rings (SSSR count). The minimum atomic E-state index is 0.674. The van der Waals surface area contributed by atoms with Crippen LogP contribution in [0.2, 0.25) is 0 Å². The zero-order chi connectivity index (χ0) is 13.0. The molecule has 0 radical (unpaired) electrons. The van der Waals surface area contributed by atoms with Crippen LogP contribution in [0.3, 0.4) is 0 Å². The van der Waals surface area contributed by atoms with Gasteiger partial charge in [0.1, 0.15) is 0 Å². The van der Waals surface area contributed by atoms with Gasteiger partial charge in [-0.25, -0.2) is 0 Å². The Bertz CT molecular complexity index is 363. The number of nitrogens with one attached hydrogen (secondary N) is 1. The molecule has 1 aliphatic rings. The highest BCUT2D eigenvalue weighted by Crippen LogP contribution is 2.35. The van der Waals surface area contributed by atoms with Crippen molar-refractivity contribution >= 4 is 27.3 Å². The molecule has 18 heavy (non-hydrogen) atoms. The van der Waals surface area contributed by atoms with Gasteiger partial charge in [0, 0.05) is 20.8 Å². The molecule has 1 heterocycles. The fourth-order valence-corrected chi connectivity index (χ4v) is 4.67. The number of rotatable bonds is 6. The maximum absolute atomic E-state index is 3.79. The number of hydrogen-bond donors (Lipinski definition) is 1. The van der Waals surface area contributed by atoms with Crippen LogP contribution in [0.4, 0.5) is 0 Å². The summed E-state index contributed by atoms with van der Waals surface area (Å²) in [7, 11) is 0. The van der Waals surface area contributed by atoms with Gasteiger partial charge in [0.15, 0.2) is 0 Å². The first-order valence-corrected chi connectivity index (χ1v) is 8.84. The Labute approximate surface area is 123 Å². The second-order valence-electron chi connectivity index (χ2n) is 5.57. The van der Waals surface area contributed by atoms with Crippen molar-refractivity contribution < 1.29 is 0 Å². The molecule has 0 saturated heterocycles. The molecule has 3 unspecified atom stereocenters. The predicted molar refractivity (Wildman–Crippen MR) is 84.3 cm³/mol. The van der Waals surface area contributed by atoms with Crippen LogP contribution in [0.15, 0.2) is 15.9 Å². The first kappa shape index (κ1) is 14.5. The average molecular weight is 330 g/mol. The zero-order valence-corrected chi connectivity index (χ0v) is 13.8. The molecule has 0 aromatic carbocycles. The first-order chi connectivity index (χ1) is 8.70. The molecule has 1 nitrogen and oxygen atoms in total. The first-order valence-electron chi connectivity index (χ1n) is 7.17. The van der Waals surface area contributed by atoms with E-state index < -0.39 is 0 Å². The average Bonchev–Trinajstić information content (AvgIpc) is 2.93. The topological polar surface area (TPSA) is 12.0 Å². The molecule has 1 fully saturated rings. The van der Waals surface area contributed by atoms with E-state index in [0.29, 0.717) is 6.04 Å². The van der Waals surface area contributed by atoms with E-state index in [1.807, 2.05) is 11.3 Å². The normalized spacial score (nSPS) is 25.5. The van der Waals surface area contributed by atoms with Crippen LogP contribution >= 0.6 is 27.3 Å². The summed E-state index contributed by atoms with van der Waals surface area (Å²) in [5.41, 5.74) is 0. The molecule has 3 heteroatoms. The molecular formula is C15H24BrNS. The molecule has 1 N–H and O–H groups in total. The second-order valence-corrected chi connectivity index (χ2v) is 7.48. The summed E-state index contributed by atoms with van der Waals surface area (Å²) < 4.78 is 1.23. The maximum atomic E-state index is 3.79. The van der Waals surface area contributed by atoms with Gasteiger partial charge >= 0.3 is 0 Å². The SMILES string of the molecule is CCCNC(Cc1cc(Br)cs1)C1CCCC1C. The van der Waals surface area contributed by atoms with Gasteiger partial charge < -0.3 is 5.32 Å². The van der Waals surface area contributed by atoms with Gasteiger partial charge in [0.05, 0.1) is 0 Å². The van der Waals surface area contributed by atoms with E-state index in [2.05, 4.69) is 46.5 Å². The summed E-state index contributed by atoms with van der Waals surface area (Å²) in [6.45, 7) is 5.84. The Morgan fingerprint density at radius 2 is 2.33 bits per heavy atom. The van der Waals surface area contributed by atoms with Crippen LogP contribution < -0.4 is 5.32 Å². The van der Waals surface area contributed by atoms with Gasteiger partial charge in [-0.3, -0.25) is 0 Å². The van der Waals surface area contributed by atoms with Crippen molar-refractivity contribution in [2.45, 2.75) is 52.0 Å². The van der Waals surface area contributed by atoms with Gasteiger partial charge in [-0.15, -0.1) is 11.3 Å². The van der Waals surface area contributed by atoms with E-state index in [1.165, 1.54) is 41.5 Å². The monoisotopic (exact) mass is 329 g/mol. The van der Waals surface area contributed by atoms with Crippen LogP contribution in [0.25, 0.3) is 0 Å². The van der Waals surface area contributed by atoms with Crippen LogP contribution in [0.1, 0.15) is 44.4 Å². The molecule has 3 atom stereocenters. The van der Waals surface area contributed by atoms with Crippen LogP contribution in [0.5, 0.6) is 0 Å². The summed E-state index contributed by atoms with van der Waals surface area (Å²) in [5.74, 6) is 1.76. The molecule has 1 saturated carbocycles. The standard InChI is InChI=1S/C15H24BrNS/c1-3-7-17-15(14-6-4-5-11(14)2)9-13-8-12(16)10-18-13/h8,10-11,14-15,17H,3-7,9H2,1-2H3. The van der Waals surface area contributed by atoms with Crippen molar-refractivity contribution in [1.82, 2.24) is 5.32 Å². The molecule has 0 bridgehead atoms. The lowest BCUT2D eigenvalue weighted by Gasteiger charge is -2.27. The zero-order valence-electron chi connectivity index (χ0n) is 11.4. The highest BCUT2D eigenvalue weighted by atomic mass is 79.9. The van der Waals surface area contributed by atoms with Crippen LogP contribution in [-0.2, 0) is 6.42 Å². The van der Waals surface area contributed by atoms with Gasteiger partial charge in [0.2, 0.25) is 0 Å². The summed E-state index contributed by atoms with van der Waals surface area (Å²) in [4.78, 5) is 1.51. The fourth-order valence-electron chi connectivity index (χ4n) is 3.15. The van der Waals surface area contributed by atoms with Gasteiger partial charge in [-0.1, -0.05) is 26.7 Å². The second kappa shape index (κ2) is 7.06. The summed E-state index contributed by atoms with van der Waals surface area (Å²) in [6, 6.07) is 2.96. The molecule has 0 amide bonds. The molecular weight excluding hydrogens is 306 g/mol. The van der Waals surface area contributed by atoms with Crippen LogP contribution in [-0.4, -0.2) is 12.6 Å². The molecule has 0 spiro atoms. The lowest BCUT2D eigenvalue weighted by molar-refractivity contribution is 0.296.